The molecular formula is C21H35N3O. The number of nitrogens with zero attached hydrogens (tertiary/aromatic N) is 3. The first-order chi connectivity index (χ1) is 11.9. The summed E-state index contributed by atoms with van der Waals surface area (Å²) >= 11 is 0. The second-order valence-corrected chi connectivity index (χ2v) is 7.63. The molecule has 1 aromatic rings. The molecule has 1 fully saturated rings. The third-order valence-electron chi connectivity index (χ3n) is 5.44. The van der Waals surface area contributed by atoms with Gasteiger partial charge in [0.25, 0.3) is 0 Å². The maximum Gasteiger partial charge on any atom is 0.217 e. The van der Waals surface area contributed by atoms with Crippen LogP contribution in [0.25, 0.3) is 0 Å². The van der Waals surface area contributed by atoms with Crippen molar-refractivity contribution in [3.05, 3.63) is 17.3 Å². The van der Waals surface area contributed by atoms with Gasteiger partial charge in [-0.1, -0.05) is 20.8 Å². The number of hydrogen-bond acceptors (Lipinski definition) is 3. The molecule has 4 nitrogen and oxygen atoms in total. The molecule has 0 amide bonds. The Hall–Kier alpha value is -1.58. The minimum absolute atomic E-state index is 0.313. The van der Waals surface area contributed by atoms with Gasteiger partial charge >= 0.3 is 0 Å². The van der Waals surface area contributed by atoms with Crippen molar-refractivity contribution in [1.29, 1.82) is 0 Å². The molecular weight excluding hydrogens is 310 g/mol. The average molecular weight is 346 g/mol. The second kappa shape index (κ2) is 9.21. The zero-order valence-corrected chi connectivity index (χ0v) is 16.9. The maximum atomic E-state index is 6.31. The topological polar surface area (TPSA) is 37.7 Å². The highest BCUT2D eigenvalue weighted by Gasteiger charge is 2.25. The van der Waals surface area contributed by atoms with Crippen LogP contribution in [0.5, 0.6) is 5.88 Å². The van der Waals surface area contributed by atoms with E-state index in [1.165, 1.54) is 12.8 Å². The minimum Gasteiger partial charge on any atom is -0.474 e. The Morgan fingerprint density at radius 1 is 1.28 bits per heavy atom. The van der Waals surface area contributed by atoms with E-state index in [0.29, 0.717) is 6.10 Å². The second-order valence-electron chi connectivity index (χ2n) is 7.63. The molecule has 0 N–H and O–H groups in total. The Morgan fingerprint density at radius 3 is 2.52 bits per heavy atom. The average Bonchev–Trinajstić information content (AvgIpc) is 2.61. The molecule has 0 unspecified atom stereocenters. The Labute approximate surface area is 153 Å². The van der Waals surface area contributed by atoms with E-state index < -0.39 is 0 Å². The van der Waals surface area contributed by atoms with Gasteiger partial charge in [0.05, 0.1) is 17.7 Å². The smallest absolute Gasteiger partial charge is 0.217 e. The summed E-state index contributed by atoms with van der Waals surface area (Å²) in [5.41, 5.74) is 3.03. The fraction of sp³-hybridized carbons (Fsp3) is 0.714. The molecule has 0 radical (unpaired) electrons. The first kappa shape index (κ1) is 19.7. The van der Waals surface area contributed by atoms with Gasteiger partial charge in [-0.25, -0.2) is 9.98 Å². The Kier molecular flexibility index (Phi) is 7.27. The van der Waals surface area contributed by atoms with Gasteiger partial charge in [0.15, 0.2) is 0 Å². The van der Waals surface area contributed by atoms with Crippen LogP contribution in [0.4, 0.5) is 5.69 Å². The highest BCUT2D eigenvalue weighted by Crippen LogP contribution is 2.33. The van der Waals surface area contributed by atoms with Crippen LogP contribution in [0.3, 0.4) is 0 Å². The van der Waals surface area contributed by atoms with Gasteiger partial charge in [-0.15, -0.1) is 0 Å². The molecule has 1 aliphatic rings. The number of hydrogen-bond donors (Lipinski definition) is 0. The monoisotopic (exact) mass is 345 g/mol. The molecule has 0 spiro atoms. The van der Waals surface area contributed by atoms with Crippen LogP contribution in [0.2, 0.25) is 0 Å². The van der Waals surface area contributed by atoms with Crippen molar-refractivity contribution >= 4 is 12.0 Å². The number of ether oxygens (including phenoxy) is 1. The normalized spacial score (nSPS) is 21.1. The molecule has 0 atom stereocenters. The van der Waals surface area contributed by atoms with Crippen LogP contribution in [-0.2, 0) is 6.42 Å². The van der Waals surface area contributed by atoms with Crippen LogP contribution in [-0.4, -0.2) is 35.9 Å². The summed E-state index contributed by atoms with van der Waals surface area (Å²) in [5.74, 6) is 2.45. The van der Waals surface area contributed by atoms with Gasteiger partial charge in [0, 0.05) is 19.2 Å². The fourth-order valence-electron chi connectivity index (χ4n) is 3.37. The van der Waals surface area contributed by atoms with Crippen molar-refractivity contribution in [2.75, 3.05) is 13.6 Å². The Bertz CT molecular complexity index is 575. The van der Waals surface area contributed by atoms with E-state index in [1.54, 1.807) is 0 Å². The number of aromatic nitrogens is 1. The lowest BCUT2D eigenvalue weighted by Gasteiger charge is -2.31. The molecule has 25 heavy (non-hydrogen) atoms. The van der Waals surface area contributed by atoms with Crippen molar-refractivity contribution in [2.24, 2.45) is 16.8 Å². The third-order valence-corrected chi connectivity index (χ3v) is 5.44. The number of rotatable bonds is 7. The molecule has 0 bridgehead atoms. The molecule has 1 aliphatic carbocycles. The summed E-state index contributed by atoms with van der Waals surface area (Å²) in [7, 11) is 2.03. The molecule has 4 heteroatoms. The van der Waals surface area contributed by atoms with Crippen molar-refractivity contribution in [3.63, 3.8) is 0 Å². The van der Waals surface area contributed by atoms with Gasteiger partial charge in [0.2, 0.25) is 5.88 Å². The van der Waals surface area contributed by atoms with E-state index in [9.17, 15) is 0 Å². The SMILES string of the molecule is CCc1cc(/N=C/N(C)CC)c(C)nc1O[C@H]1CC[C@H](C(C)C)CC1. The van der Waals surface area contributed by atoms with E-state index in [1.807, 2.05) is 20.3 Å². The van der Waals surface area contributed by atoms with E-state index in [4.69, 9.17) is 9.72 Å². The summed E-state index contributed by atoms with van der Waals surface area (Å²) in [4.78, 5) is 11.4. The predicted octanol–water partition coefficient (Wildman–Crippen LogP) is 5.16. The predicted molar refractivity (Wildman–Crippen MR) is 106 cm³/mol. The quantitative estimate of drug-likeness (QED) is 0.506. The number of aryl methyl sites for hydroxylation is 2. The highest BCUT2D eigenvalue weighted by molar-refractivity contribution is 5.63. The van der Waals surface area contributed by atoms with Crippen LogP contribution in [0, 0.1) is 18.8 Å². The molecule has 140 valence electrons. The highest BCUT2D eigenvalue weighted by atomic mass is 16.5. The van der Waals surface area contributed by atoms with E-state index in [0.717, 1.165) is 60.5 Å². The van der Waals surface area contributed by atoms with Crippen molar-refractivity contribution < 1.29 is 4.74 Å². The van der Waals surface area contributed by atoms with Crippen molar-refractivity contribution in [2.45, 2.75) is 72.8 Å². The largest absolute Gasteiger partial charge is 0.474 e. The summed E-state index contributed by atoms with van der Waals surface area (Å²) < 4.78 is 6.31. The van der Waals surface area contributed by atoms with Gasteiger partial charge in [-0.05, 0) is 63.9 Å². The van der Waals surface area contributed by atoms with Crippen LogP contribution in [0.15, 0.2) is 11.1 Å². The third kappa shape index (κ3) is 5.45. The summed E-state index contributed by atoms with van der Waals surface area (Å²) in [6, 6.07) is 2.14. The lowest BCUT2D eigenvalue weighted by molar-refractivity contribution is 0.111. The van der Waals surface area contributed by atoms with Crippen molar-refractivity contribution in [1.82, 2.24) is 9.88 Å². The summed E-state index contributed by atoms with van der Waals surface area (Å²) in [6.07, 6.45) is 7.94. The Morgan fingerprint density at radius 2 is 1.96 bits per heavy atom. The lowest BCUT2D eigenvalue weighted by atomic mass is 9.80. The van der Waals surface area contributed by atoms with Crippen LogP contribution < -0.4 is 4.74 Å². The molecule has 0 saturated heterocycles. The Balaban J connectivity index is 2.08. The summed E-state index contributed by atoms with van der Waals surface area (Å²) in [6.45, 7) is 11.9. The molecule has 0 aliphatic heterocycles. The molecule has 1 saturated carbocycles. The van der Waals surface area contributed by atoms with Crippen LogP contribution in [0.1, 0.15) is 64.6 Å². The van der Waals surface area contributed by atoms with Gasteiger partial charge < -0.3 is 9.64 Å². The standard InChI is InChI=1S/C21H35N3O/c1-7-17-13-20(22-14-24(6)8-2)16(5)23-21(17)25-19-11-9-18(10-12-19)15(3)4/h13-15,18-19H,7-12H2,1-6H3/b22-14+/t18-,19-. The maximum absolute atomic E-state index is 6.31. The number of pyridine rings is 1. The van der Waals surface area contributed by atoms with Crippen LogP contribution >= 0.6 is 0 Å². The van der Waals surface area contributed by atoms with Gasteiger partial charge in [0.1, 0.15) is 6.10 Å². The summed E-state index contributed by atoms with van der Waals surface area (Å²) in [5, 5.41) is 0. The van der Waals surface area contributed by atoms with E-state index >= 15 is 0 Å². The van der Waals surface area contributed by atoms with Gasteiger partial charge in [-0.3, -0.25) is 0 Å². The van der Waals surface area contributed by atoms with E-state index in [2.05, 4.69) is 43.7 Å². The molecule has 0 aromatic carbocycles. The molecule has 2 rings (SSSR count). The zero-order chi connectivity index (χ0) is 18.4. The first-order valence-corrected chi connectivity index (χ1v) is 9.86. The number of aliphatic imine (C=N–C) groups is 1. The minimum atomic E-state index is 0.313. The molecule has 1 aromatic heterocycles. The van der Waals surface area contributed by atoms with Crippen molar-refractivity contribution in [3.8, 4) is 5.88 Å². The van der Waals surface area contributed by atoms with E-state index in [-0.39, 0.29) is 0 Å². The lowest BCUT2D eigenvalue weighted by Crippen LogP contribution is -2.27. The fourth-order valence-corrected chi connectivity index (χ4v) is 3.37. The van der Waals surface area contributed by atoms with Gasteiger partial charge in [-0.2, -0.15) is 0 Å². The zero-order valence-electron chi connectivity index (χ0n) is 16.9. The molecule has 1 heterocycles. The first-order valence-electron chi connectivity index (χ1n) is 9.86.